The summed E-state index contributed by atoms with van der Waals surface area (Å²) in [6.45, 7) is 0.730. The maximum atomic E-state index is 11.8. The highest BCUT2D eigenvalue weighted by molar-refractivity contribution is 7.14. The van der Waals surface area contributed by atoms with Crippen LogP contribution < -0.4 is 11.1 Å². The van der Waals surface area contributed by atoms with Crippen LogP contribution >= 0.6 is 11.3 Å². The van der Waals surface area contributed by atoms with Gasteiger partial charge in [-0.1, -0.05) is 43.2 Å². The summed E-state index contributed by atoms with van der Waals surface area (Å²) in [6.07, 6.45) is 4.64. The molecule has 21 heavy (non-hydrogen) atoms. The van der Waals surface area contributed by atoms with Crippen LogP contribution in [-0.2, 0) is 4.79 Å². The zero-order chi connectivity index (χ0) is 14.9. The largest absolute Gasteiger partial charge is 0.330 e. The molecule has 0 saturated carbocycles. The molecule has 0 unspecified atom stereocenters. The molecular formula is C16H21N3OS. The summed E-state index contributed by atoms with van der Waals surface area (Å²) >= 11 is 1.46. The zero-order valence-corrected chi connectivity index (χ0v) is 12.9. The number of unbranched alkanes of at least 4 members (excludes halogenated alkanes) is 3. The van der Waals surface area contributed by atoms with Crippen LogP contribution in [0.1, 0.15) is 32.1 Å². The van der Waals surface area contributed by atoms with Gasteiger partial charge in [0.2, 0.25) is 5.91 Å². The quantitative estimate of drug-likeness (QED) is 0.731. The summed E-state index contributed by atoms with van der Waals surface area (Å²) in [7, 11) is 0. The molecule has 0 atom stereocenters. The molecule has 0 radical (unpaired) electrons. The number of nitrogens with one attached hydrogen (secondary N) is 1. The van der Waals surface area contributed by atoms with Gasteiger partial charge in [-0.2, -0.15) is 0 Å². The van der Waals surface area contributed by atoms with E-state index in [1.54, 1.807) is 0 Å². The van der Waals surface area contributed by atoms with E-state index in [1.807, 2.05) is 35.7 Å². The van der Waals surface area contributed by atoms with E-state index in [1.165, 1.54) is 11.3 Å². The second-order valence-corrected chi connectivity index (χ2v) is 5.76. The average molecular weight is 303 g/mol. The van der Waals surface area contributed by atoms with Gasteiger partial charge in [0, 0.05) is 17.4 Å². The Kier molecular flexibility index (Phi) is 6.37. The lowest BCUT2D eigenvalue weighted by Crippen LogP contribution is -2.10. The molecule has 5 heteroatoms. The highest BCUT2D eigenvalue weighted by Crippen LogP contribution is 2.24. The van der Waals surface area contributed by atoms with Crippen LogP contribution in [0, 0.1) is 0 Å². The summed E-state index contributed by atoms with van der Waals surface area (Å²) in [5, 5.41) is 5.50. The van der Waals surface area contributed by atoms with Gasteiger partial charge in [-0.25, -0.2) is 4.98 Å². The molecule has 1 aromatic carbocycles. The Labute approximate surface area is 129 Å². The number of rotatable bonds is 8. The maximum absolute atomic E-state index is 11.8. The van der Waals surface area contributed by atoms with Gasteiger partial charge in [-0.05, 0) is 19.4 Å². The standard InChI is InChI=1S/C16H21N3OS/c17-11-7-2-1-6-10-15(20)19-16-18-14(12-21-16)13-8-4-3-5-9-13/h3-5,8-9,12H,1-2,6-7,10-11,17H2,(H,18,19,20). The molecule has 2 aromatic rings. The number of anilines is 1. The van der Waals surface area contributed by atoms with Gasteiger partial charge in [0.25, 0.3) is 0 Å². The summed E-state index contributed by atoms with van der Waals surface area (Å²) in [6, 6.07) is 9.96. The lowest BCUT2D eigenvalue weighted by Gasteiger charge is -2.01. The molecule has 4 nitrogen and oxygen atoms in total. The Balaban J connectivity index is 1.78. The SMILES string of the molecule is NCCCCCCC(=O)Nc1nc(-c2ccccc2)cs1. The molecule has 0 bridgehead atoms. The molecule has 112 valence electrons. The van der Waals surface area contributed by atoms with Crippen molar-refractivity contribution in [2.75, 3.05) is 11.9 Å². The number of aromatic nitrogens is 1. The van der Waals surface area contributed by atoms with Gasteiger partial charge in [-0.3, -0.25) is 4.79 Å². The number of carbonyl (C=O) groups is 1. The van der Waals surface area contributed by atoms with Gasteiger partial charge in [0.05, 0.1) is 5.69 Å². The van der Waals surface area contributed by atoms with Crippen LogP contribution in [0.5, 0.6) is 0 Å². The average Bonchev–Trinajstić information content (AvgIpc) is 2.96. The molecule has 3 N–H and O–H groups in total. The minimum atomic E-state index is 0.0386. The minimum Gasteiger partial charge on any atom is -0.330 e. The fourth-order valence-electron chi connectivity index (χ4n) is 2.04. The molecule has 0 spiro atoms. The van der Waals surface area contributed by atoms with Crippen LogP contribution in [0.4, 0.5) is 5.13 Å². The molecule has 2 rings (SSSR count). The van der Waals surface area contributed by atoms with Gasteiger partial charge in [-0.15, -0.1) is 11.3 Å². The highest BCUT2D eigenvalue weighted by Gasteiger charge is 2.07. The summed E-state index contributed by atoms with van der Waals surface area (Å²) in [5.74, 6) is 0.0386. The van der Waals surface area contributed by atoms with Crippen molar-refractivity contribution in [3.8, 4) is 11.3 Å². The first-order valence-corrected chi connectivity index (χ1v) is 8.18. The predicted octanol–water partition coefficient (Wildman–Crippen LogP) is 3.66. The molecular weight excluding hydrogens is 282 g/mol. The second kappa shape index (κ2) is 8.54. The monoisotopic (exact) mass is 303 g/mol. The lowest BCUT2D eigenvalue weighted by molar-refractivity contribution is -0.116. The van der Waals surface area contributed by atoms with Crippen molar-refractivity contribution in [1.82, 2.24) is 4.98 Å². The van der Waals surface area contributed by atoms with Crippen molar-refractivity contribution < 1.29 is 4.79 Å². The number of carbonyl (C=O) groups excluding carboxylic acids is 1. The van der Waals surface area contributed by atoms with E-state index in [2.05, 4.69) is 10.3 Å². The molecule has 0 aliphatic rings. The van der Waals surface area contributed by atoms with Crippen molar-refractivity contribution in [2.45, 2.75) is 32.1 Å². The van der Waals surface area contributed by atoms with E-state index in [4.69, 9.17) is 5.73 Å². The van der Waals surface area contributed by atoms with Gasteiger partial charge >= 0.3 is 0 Å². The molecule has 1 aromatic heterocycles. The third-order valence-corrected chi connectivity index (χ3v) is 3.94. The van der Waals surface area contributed by atoms with E-state index in [9.17, 15) is 4.79 Å². The zero-order valence-electron chi connectivity index (χ0n) is 12.0. The number of nitrogens with two attached hydrogens (primary N) is 1. The van der Waals surface area contributed by atoms with Gasteiger partial charge in [0.15, 0.2) is 5.13 Å². The van der Waals surface area contributed by atoms with E-state index in [-0.39, 0.29) is 5.91 Å². The number of hydrogen-bond donors (Lipinski definition) is 2. The third kappa shape index (κ3) is 5.28. The van der Waals surface area contributed by atoms with Crippen LogP contribution in [0.25, 0.3) is 11.3 Å². The van der Waals surface area contributed by atoms with Crippen LogP contribution in [0.15, 0.2) is 35.7 Å². The number of thiazole rings is 1. The number of hydrogen-bond acceptors (Lipinski definition) is 4. The molecule has 1 amide bonds. The Morgan fingerprint density at radius 1 is 1.14 bits per heavy atom. The first kappa shape index (κ1) is 15.7. The Bertz CT molecular complexity index is 554. The Hall–Kier alpha value is -1.72. The van der Waals surface area contributed by atoms with Gasteiger partial charge in [0.1, 0.15) is 0 Å². The van der Waals surface area contributed by atoms with Crippen LogP contribution in [0.3, 0.4) is 0 Å². The fraction of sp³-hybridized carbons (Fsp3) is 0.375. The topological polar surface area (TPSA) is 68.0 Å². The molecule has 0 saturated heterocycles. The molecule has 0 aliphatic carbocycles. The first-order valence-electron chi connectivity index (χ1n) is 7.30. The van der Waals surface area contributed by atoms with E-state index < -0.39 is 0 Å². The number of nitrogens with zero attached hydrogens (tertiary/aromatic N) is 1. The maximum Gasteiger partial charge on any atom is 0.226 e. The number of benzene rings is 1. The van der Waals surface area contributed by atoms with Crippen molar-refractivity contribution >= 4 is 22.4 Å². The summed E-state index contributed by atoms with van der Waals surface area (Å²) in [4.78, 5) is 16.3. The molecule has 0 fully saturated rings. The Morgan fingerprint density at radius 2 is 1.90 bits per heavy atom. The highest BCUT2D eigenvalue weighted by atomic mass is 32.1. The predicted molar refractivity (Wildman–Crippen MR) is 88.3 cm³/mol. The summed E-state index contributed by atoms with van der Waals surface area (Å²) in [5.41, 5.74) is 7.40. The Morgan fingerprint density at radius 3 is 2.67 bits per heavy atom. The first-order chi connectivity index (χ1) is 10.3. The van der Waals surface area contributed by atoms with E-state index >= 15 is 0 Å². The van der Waals surface area contributed by atoms with Gasteiger partial charge < -0.3 is 11.1 Å². The molecule has 0 aliphatic heterocycles. The lowest BCUT2D eigenvalue weighted by atomic mass is 10.1. The van der Waals surface area contributed by atoms with E-state index in [0.29, 0.717) is 11.6 Å². The van der Waals surface area contributed by atoms with Crippen LogP contribution in [-0.4, -0.2) is 17.4 Å². The normalized spacial score (nSPS) is 10.5. The minimum absolute atomic E-state index is 0.0386. The van der Waals surface area contributed by atoms with E-state index in [0.717, 1.165) is 43.5 Å². The smallest absolute Gasteiger partial charge is 0.226 e. The summed E-state index contributed by atoms with van der Waals surface area (Å²) < 4.78 is 0. The van der Waals surface area contributed by atoms with Crippen molar-refractivity contribution in [2.24, 2.45) is 5.73 Å². The second-order valence-electron chi connectivity index (χ2n) is 4.90. The van der Waals surface area contributed by atoms with Crippen molar-refractivity contribution in [3.63, 3.8) is 0 Å². The molecule has 1 heterocycles. The third-order valence-electron chi connectivity index (χ3n) is 3.18. The van der Waals surface area contributed by atoms with Crippen LogP contribution in [0.2, 0.25) is 0 Å². The van der Waals surface area contributed by atoms with Crippen molar-refractivity contribution in [3.05, 3.63) is 35.7 Å². The van der Waals surface area contributed by atoms with Crippen molar-refractivity contribution in [1.29, 1.82) is 0 Å². The fourth-order valence-corrected chi connectivity index (χ4v) is 2.77. The number of amides is 1.